The van der Waals surface area contributed by atoms with E-state index in [4.69, 9.17) is 8.94 Å². The monoisotopic (exact) mass is 361 g/mol. The third-order valence-corrected chi connectivity index (χ3v) is 4.16. The molecule has 0 saturated heterocycles. The van der Waals surface area contributed by atoms with Crippen LogP contribution in [0.5, 0.6) is 0 Å². The summed E-state index contributed by atoms with van der Waals surface area (Å²) in [5.74, 6) is 0.0770. The number of Topliss-reactive ketones (excluding diaryl/α,β-unsaturated/α-hetero) is 1. The van der Waals surface area contributed by atoms with Crippen molar-refractivity contribution < 1.29 is 18.5 Å². The molecule has 1 amide bonds. The van der Waals surface area contributed by atoms with Gasteiger partial charge in [-0.15, -0.1) is 0 Å². The lowest BCUT2D eigenvalue weighted by atomic mass is 10.1. The van der Waals surface area contributed by atoms with Crippen LogP contribution in [0.15, 0.2) is 57.7 Å². The fourth-order valence-corrected chi connectivity index (χ4v) is 2.84. The molecule has 3 heterocycles. The van der Waals surface area contributed by atoms with Crippen molar-refractivity contribution in [3.05, 3.63) is 65.5 Å². The number of anilines is 1. The molecule has 0 atom stereocenters. The van der Waals surface area contributed by atoms with Crippen molar-refractivity contribution in [3.63, 3.8) is 0 Å². The molecule has 0 fully saturated rings. The quantitative estimate of drug-likeness (QED) is 0.546. The molecule has 4 rings (SSSR count). The number of furan rings is 1. The Labute approximate surface area is 154 Å². The third kappa shape index (κ3) is 3.10. The largest absolute Gasteiger partial charge is 0.463 e. The topological polar surface area (TPSA) is 98.2 Å². The van der Waals surface area contributed by atoms with Gasteiger partial charge in [0.15, 0.2) is 11.5 Å². The van der Waals surface area contributed by atoms with Gasteiger partial charge in [0.25, 0.3) is 11.6 Å². The van der Waals surface area contributed by atoms with Crippen LogP contribution in [0.25, 0.3) is 22.6 Å². The molecule has 0 radical (unpaired) electrons. The van der Waals surface area contributed by atoms with Crippen molar-refractivity contribution in [1.29, 1.82) is 0 Å². The molecule has 7 heteroatoms. The fourth-order valence-electron chi connectivity index (χ4n) is 2.84. The minimum atomic E-state index is -0.359. The number of nitrogens with zero attached hydrogens (tertiary/aromatic N) is 2. The molecular formula is C20H15N3O4. The molecule has 0 saturated carbocycles. The van der Waals surface area contributed by atoms with Crippen molar-refractivity contribution in [2.24, 2.45) is 0 Å². The lowest BCUT2D eigenvalue weighted by molar-refractivity contribution is 0.101. The first kappa shape index (κ1) is 16.7. The molecule has 0 aliphatic carbocycles. The Kier molecular flexibility index (Phi) is 4.04. The zero-order valence-corrected chi connectivity index (χ0v) is 14.6. The zero-order chi connectivity index (χ0) is 19.0. The van der Waals surface area contributed by atoms with Crippen LogP contribution in [0.1, 0.15) is 33.3 Å². The number of amides is 1. The van der Waals surface area contributed by atoms with Crippen molar-refractivity contribution in [1.82, 2.24) is 10.1 Å². The van der Waals surface area contributed by atoms with Crippen LogP contribution < -0.4 is 5.32 Å². The summed E-state index contributed by atoms with van der Waals surface area (Å²) >= 11 is 0. The Morgan fingerprint density at radius 3 is 2.70 bits per heavy atom. The van der Waals surface area contributed by atoms with E-state index in [1.165, 1.54) is 13.2 Å². The van der Waals surface area contributed by atoms with Crippen LogP contribution in [-0.2, 0) is 0 Å². The van der Waals surface area contributed by atoms with E-state index in [-0.39, 0.29) is 17.4 Å². The van der Waals surface area contributed by atoms with E-state index in [1.807, 2.05) is 0 Å². The number of rotatable bonds is 4. The van der Waals surface area contributed by atoms with E-state index in [1.54, 1.807) is 49.4 Å². The maximum atomic E-state index is 13.0. The summed E-state index contributed by atoms with van der Waals surface area (Å²) in [5, 5.41) is 7.26. The van der Waals surface area contributed by atoms with Gasteiger partial charge in [-0.1, -0.05) is 17.3 Å². The molecule has 0 aliphatic heterocycles. The number of ketones is 1. The first-order valence-corrected chi connectivity index (χ1v) is 8.26. The van der Waals surface area contributed by atoms with E-state index in [0.717, 1.165) is 0 Å². The Bertz CT molecular complexity index is 1160. The highest BCUT2D eigenvalue weighted by molar-refractivity contribution is 6.13. The van der Waals surface area contributed by atoms with Crippen LogP contribution in [0.3, 0.4) is 0 Å². The van der Waals surface area contributed by atoms with Gasteiger partial charge in [0, 0.05) is 11.3 Å². The summed E-state index contributed by atoms with van der Waals surface area (Å²) in [6.45, 7) is 3.22. The smallest absolute Gasteiger partial charge is 0.259 e. The molecule has 3 aromatic heterocycles. The van der Waals surface area contributed by atoms with E-state index in [0.29, 0.717) is 39.3 Å². The molecule has 7 nitrogen and oxygen atoms in total. The summed E-state index contributed by atoms with van der Waals surface area (Å²) in [6, 6.07) is 11.9. The van der Waals surface area contributed by atoms with Crippen LogP contribution in [-0.4, -0.2) is 21.8 Å². The number of hydrogen-bond donors (Lipinski definition) is 1. The van der Waals surface area contributed by atoms with Gasteiger partial charge in [-0.2, -0.15) is 0 Å². The standard InChI is InChI=1S/C20H15N3O4/c1-11-18-15(19(25)21-14-6-3-5-13(9-14)12(2)24)10-16(17-7-4-8-26-17)22-20(18)27-23-11/h3-10H,1-2H3,(H,21,25). The Hall–Kier alpha value is -3.74. The summed E-state index contributed by atoms with van der Waals surface area (Å²) in [6.07, 6.45) is 1.53. The van der Waals surface area contributed by atoms with Crippen LogP contribution in [0, 0.1) is 6.92 Å². The highest BCUT2D eigenvalue weighted by atomic mass is 16.5. The minimum Gasteiger partial charge on any atom is -0.463 e. The van der Waals surface area contributed by atoms with E-state index in [9.17, 15) is 9.59 Å². The first-order chi connectivity index (χ1) is 13.0. The van der Waals surface area contributed by atoms with Gasteiger partial charge in [0.2, 0.25) is 0 Å². The van der Waals surface area contributed by atoms with Gasteiger partial charge in [0.1, 0.15) is 5.69 Å². The highest BCUT2D eigenvalue weighted by Crippen LogP contribution is 2.28. The van der Waals surface area contributed by atoms with Crippen molar-refractivity contribution in [2.45, 2.75) is 13.8 Å². The van der Waals surface area contributed by atoms with E-state index in [2.05, 4.69) is 15.5 Å². The lowest BCUT2D eigenvalue weighted by Crippen LogP contribution is -2.13. The second-order valence-corrected chi connectivity index (χ2v) is 6.07. The molecule has 27 heavy (non-hydrogen) atoms. The van der Waals surface area contributed by atoms with Crippen molar-refractivity contribution in [3.8, 4) is 11.5 Å². The second kappa shape index (κ2) is 6.53. The summed E-state index contributed by atoms with van der Waals surface area (Å²) < 4.78 is 10.6. The summed E-state index contributed by atoms with van der Waals surface area (Å²) in [4.78, 5) is 28.9. The molecular weight excluding hydrogens is 346 g/mol. The lowest BCUT2D eigenvalue weighted by Gasteiger charge is -2.08. The summed E-state index contributed by atoms with van der Waals surface area (Å²) in [7, 11) is 0. The van der Waals surface area contributed by atoms with Gasteiger partial charge < -0.3 is 14.3 Å². The average molecular weight is 361 g/mol. The van der Waals surface area contributed by atoms with Gasteiger partial charge in [-0.3, -0.25) is 9.59 Å². The maximum absolute atomic E-state index is 13.0. The molecule has 134 valence electrons. The number of fused-ring (bicyclic) bond motifs is 1. The van der Waals surface area contributed by atoms with Gasteiger partial charge in [0.05, 0.1) is 22.9 Å². The average Bonchev–Trinajstić information content (AvgIpc) is 3.31. The van der Waals surface area contributed by atoms with E-state index >= 15 is 0 Å². The number of aromatic nitrogens is 2. The summed E-state index contributed by atoms with van der Waals surface area (Å²) in [5.41, 5.74) is 2.68. The Morgan fingerprint density at radius 1 is 1.11 bits per heavy atom. The van der Waals surface area contributed by atoms with E-state index < -0.39 is 0 Å². The molecule has 0 bridgehead atoms. The predicted molar refractivity (Wildman–Crippen MR) is 98.6 cm³/mol. The second-order valence-electron chi connectivity index (χ2n) is 6.07. The van der Waals surface area contributed by atoms with Crippen LogP contribution in [0.2, 0.25) is 0 Å². The zero-order valence-electron chi connectivity index (χ0n) is 14.6. The predicted octanol–water partition coefficient (Wildman–Crippen LogP) is 4.25. The minimum absolute atomic E-state index is 0.0765. The fraction of sp³-hybridized carbons (Fsp3) is 0.100. The molecule has 0 unspecified atom stereocenters. The van der Waals surface area contributed by atoms with Crippen LogP contribution in [0.4, 0.5) is 5.69 Å². The molecule has 0 aliphatic rings. The number of benzene rings is 1. The number of aryl methyl sites for hydroxylation is 1. The Morgan fingerprint density at radius 2 is 1.96 bits per heavy atom. The normalized spacial score (nSPS) is 10.9. The van der Waals surface area contributed by atoms with Crippen molar-refractivity contribution in [2.75, 3.05) is 5.32 Å². The molecule has 1 N–H and O–H groups in total. The van der Waals surface area contributed by atoms with Gasteiger partial charge in [-0.25, -0.2) is 4.98 Å². The number of hydrogen-bond acceptors (Lipinski definition) is 6. The van der Waals surface area contributed by atoms with Gasteiger partial charge >= 0.3 is 0 Å². The SMILES string of the molecule is CC(=O)c1cccc(NC(=O)c2cc(-c3ccco3)nc3onc(C)c23)c1. The molecule has 0 spiro atoms. The Balaban J connectivity index is 1.78. The first-order valence-electron chi connectivity index (χ1n) is 8.26. The number of carbonyl (C=O) groups excluding carboxylic acids is 2. The molecule has 4 aromatic rings. The molecule has 1 aromatic carbocycles. The number of pyridine rings is 1. The van der Waals surface area contributed by atoms with Gasteiger partial charge in [-0.05, 0) is 44.2 Å². The highest BCUT2D eigenvalue weighted by Gasteiger charge is 2.20. The third-order valence-electron chi connectivity index (χ3n) is 4.16. The number of nitrogens with one attached hydrogen (secondary N) is 1. The maximum Gasteiger partial charge on any atom is 0.259 e. The number of carbonyl (C=O) groups is 2. The van der Waals surface area contributed by atoms with Crippen molar-refractivity contribution >= 4 is 28.5 Å². The van der Waals surface area contributed by atoms with Crippen LogP contribution >= 0.6 is 0 Å².